The second-order valence-electron chi connectivity index (χ2n) is 7.28. The third-order valence-electron chi connectivity index (χ3n) is 4.92. The quantitative estimate of drug-likeness (QED) is 0.507. The predicted molar refractivity (Wildman–Crippen MR) is 127 cm³/mol. The maximum absolute atomic E-state index is 13.4. The van der Waals surface area contributed by atoms with Crippen molar-refractivity contribution in [1.29, 1.82) is 0 Å². The molecule has 8 heteroatoms. The molecule has 2 aromatic rings. The third kappa shape index (κ3) is 6.32. The van der Waals surface area contributed by atoms with Crippen LogP contribution < -0.4 is 9.62 Å². The molecule has 0 radical (unpaired) electrons. The first kappa shape index (κ1) is 24.9. The molecule has 0 unspecified atom stereocenters. The van der Waals surface area contributed by atoms with Crippen LogP contribution in [0.2, 0.25) is 5.02 Å². The Morgan fingerprint density at radius 3 is 2.45 bits per heavy atom. The molecule has 6 nitrogen and oxygen atoms in total. The van der Waals surface area contributed by atoms with Gasteiger partial charge in [0.25, 0.3) is 15.9 Å². The van der Waals surface area contributed by atoms with Gasteiger partial charge in [-0.2, -0.15) is 0 Å². The smallest absolute Gasteiger partial charge is 0.266 e. The summed E-state index contributed by atoms with van der Waals surface area (Å²) in [5, 5.41) is 2.91. The van der Waals surface area contributed by atoms with Crippen LogP contribution in [0.5, 0.6) is 0 Å². The largest absolute Gasteiger partial charge is 0.351 e. The van der Waals surface area contributed by atoms with Gasteiger partial charge in [0.15, 0.2) is 0 Å². The summed E-state index contributed by atoms with van der Waals surface area (Å²) < 4.78 is 28.0. The number of likely N-dealkylation sites (N-methyl/N-ethyl adjacent to an activating group) is 1. The third-order valence-corrected chi connectivity index (χ3v) is 7.20. The molecule has 2 aromatic carbocycles. The van der Waals surface area contributed by atoms with Crippen LogP contribution in [-0.4, -0.2) is 51.4 Å². The molecule has 31 heavy (non-hydrogen) atoms. The van der Waals surface area contributed by atoms with E-state index in [2.05, 4.69) is 37.6 Å². The van der Waals surface area contributed by atoms with Crippen molar-refractivity contribution in [2.45, 2.75) is 31.7 Å². The van der Waals surface area contributed by atoms with Gasteiger partial charge in [-0.05, 0) is 50.7 Å². The number of hydrogen-bond donors (Lipinski definition) is 1. The highest BCUT2D eigenvalue weighted by molar-refractivity contribution is 7.93. The summed E-state index contributed by atoms with van der Waals surface area (Å²) in [5.41, 5.74) is 0.726. The minimum absolute atomic E-state index is 0.0542. The van der Waals surface area contributed by atoms with E-state index < -0.39 is 10.0 Å². The summed E-state index contributed by atoms with van der Waals surface area (Å²) in [6.45, 7) is 12.1. The van der Waals surface area contributed by atoms with Gasteiger partial charge in [0.1, 0.15) is 4.90 Å². The van der Waals surface area contributed by atoms with Crippen LogP contribution in [0.3, 0.4) is 0 Å². The van der Waals surface area contributed by atoms with Gasteiger partial charge in [-0.15, -0.1) is 6.58 Å². The van der Waals surface area contributed by atoms with Crippen molar-refractivity contribution in [2.75, 3.05) is 30.5 Å². The molecule has 0 aliphatic carbocycles. The zero-order valence-electron chi connectivity index (χ0n) is 18.2. The minimum Gasteiger partial charge on any atom is -0.351 e. The second-order valence-corrected chi connectivity index (χ2v) is 9.52. The van der Waals surface area contributed by atoms with Gasteiger partial charge in [-0.1, -0.05) is 42.8 Å². The highest BCUT2D eigenvalue weighted by Crippen LogP contribution is 2.29. The fraction of sp³-hybridized carbons (Fsp3) is 0.348. The number of para-hydroxylation sites is 1. The highest BCUT2D eigenvalue weighted by atomic mass is 35.5. The highest BCUT2D eigenvalue weighted by Gasteiger charge is 2.27. The number of nitrogens with zero attached hydrogens (tertiary/aromatic N) is 2. The van der Waals surface area contributed by atoms with Crippen LogP contribution in [0.15, 0.2) is 66.1 Å². The van der Waals surface area contributed by atoms with Crippen LogP contribution in [0.4, 0.5) is 5.69 Å². The lowest BCUT2D eigenvalue weighted by atomic mass is 10.2. The summed E-state index contributed by atoms with van der Waals surface area (Å²) in [4.78, 5) is 14.7. The SMILES string of the molecule is C=CCN(c1ccccc1)S(=O)(=O)c1cc(C(=O)NCCN(CC)C(C)C)ccc1Cl. The Kier molecular flexibility index (Phi) is 9.10. The zero-order valence-corrected chi connectivity index (χ0v) is 19.8. The molecular weight excluding hydrogens is 434 g/mol. The lowest BCUT2D eigenvalue weighted by Gasteiger charge is -2.25. The van der Waals surface area contributed by atoms with Crippen LogP contribution >= 0.6 is 11.6 Å². The molecular formula is C23H30ClN3O3S. The summed E-state index contributed by atoms with van der Waals surface area (Å²) in [5.74, 6) is -0.345. The predicted octanol–water partition coefficient (Wildman–Crippen LogP) is 4.18. The van der Waals surface area contributed by atoms with Crippen molar-refractivity contribution < 1.29 is 13.2 Å². The minimum atomic E-state index is -4.01. The number of nitrogens with one attached hydrogen (secondary N) is 1. The van der Waals surface area contributed by atoms with Crippen LogP contribution in [-0.2, 0) is 10.0 Å². The van der Waals surface area contributed by atoms with Gasteiger partial charge in [-0.25, -0.2) is 8.42 Å². The van der Waals surface area contributed by atoms with E-state index in [9.17, 15) is 13.2 Å². The van der Waals surface area contributed by atoms with E-state index >= 15 is 0 Å². The van der Waals surface area contributed by atoms with Gasteiger partial charge in [0.05, 0.1) is 17.3 Å². The van der Waals surface area contributed by atoms with Crippen molar-refractivity contribution in [3.8, 4) is 0 Å². The van der Waals surface area contributed by atoms with Crippen molar-refractivity contribution in [2.24, 2.45) is 0 Å². The summed E-state index contributed by atoms with van der Waals surface area (Å²) >= 11 is 6.25. The van der Waals surface area contributed by atoms with E-state index in [4.69, 9.17) is 11.6 Å². The molecule has 0 saturated carbocycles. The number of amides is 1. The maximum atomic E-state index is 13.4. The molecule has 0 bridgehead atoms. The Bertz CT molecular complexity index is 994. The van der Waals surface area contributed by atoms with Gasteiger partial charge in [0, 0.05) is 24.7 Å². The summed E-state index contributed by atoms with van der Waals surface area (Å²) in [6, 6.07) is 13.4. The van der Waals surface area contributed by atoms with Crippen molar-refractivity contribution >= 4 is 33.2 Å². The van der Waals surface area contributed by atoms with E-state index in [0.29, 0.717) is 24.8 Å². The lowest BCUT2D eigenvalue weighted by Crippen LogP contribution is -2.38. The molecule has 0 fully saturated rings. The molecule has 0 aliphatic rings. The summed E-state index contributed by atoms with van der Waals surface area (Å²) in [6.07, 6.45) is 1.50. The van der Waals surface area contributed by atoms with Gasteiger partial charge in [0.2, 0.25) is 0 Å². The number of carbonyl (C=O) groups excluding carboxylic acids is 1. The van der Waals surface area contributed by atoms with Crippen LogP contribution in [0, 0.1) is 0 Å². The molecule has 0 heterocycles. The monoisotopic (exact) mass is 463 g/mol. The second kappa shape index (κ2) is 11.3. The number of sulfonamides is 1. The van der Waals surface area contributed by atoms with Crippen molar-refractivity contribution in [3.05, 3.63) is 71.8 Å². The first-order valence-electron chi connectivity index (χ1n) is 10.2. The van der Waals surface area contributed by atoms with Crippen LogP contribution in [0.25, 0.3) is 0 Å². The fourth-order valence-electron chi connectivity index (χ4n) is 3.21. The lowest BCUT2D eigenvalue weighted by molar-refractivity contribution is 0.0945. The number of carbonyl (C=O) groups is 1. The van der Waals surface area contributed by atoms with Crippen LogP contribution in [0.1, 0.15) is 31.1 Å². The first-order chi connectivity index (χ1) is 14.7. The number of rotatable bonds is 11. The molecule has 0 atom stereocenters. The Balaban J connectivity index is 2.28. The Hall–Kier alpha value is -2.35. The molecule has 0 aromatic heterocycles. The van der Waals surface area contributed by atoms with Gasteiger partial charge >= 0.3 is 0 Å². The standard InChI is InChI=1S/C23H30ClN3O3S/c1-5-15-27(20-10-8-7-9-11-20)31(29,30)22-17-19(12-13-21(22)24)23(28)25-14-16-26(6-2)18(3)4/h5,7-13,17-18H,1,6,14-16H2,2-4H3,(H,25,28). The topological polar surface area (TPSA) is 69.7 Å². The van der Waals surface area contributed by atoms with E-state index in [1.165, 1.54) is 28.6 Å². The Morgan fingerprint density at radius 2 is 1.87 bits per heavy atom. The number of halogens is 1. The maximum Gasteiger partial charge on any atom is 0.266 e. The fourth-order valence-corrected chi connectivity index (χ4v) is 5.15. The zero-order chi connectivity index (χ0) is 23.0. The Morgan fingerprint density at radius 1 is 1.19 bits per heavy atom. The normalized spacial score (nSPS) is 11.5. The van der Waals surface area contributed by atoms with Gasteiger partial charge < -0.3 is 5.32 Å². The number of anilines is 1. The molecule has 0 aliphatic heterocycles. The molecule has 0 saturated heterocycles. The average molecular weight is 464 g/mol. The Labute approximate surface area is 190 Å². The molecule has 1 amide bonds. The summed E-state index contributed by atoms with van der Waals surface area (Å²) in [7, 11) is -4.01. The van der Waals surface area contributed by atoms with E-state index in [0.717, 1.165) is 6.54 Å². The molecule has 0 spiro atoms. The van der Waals surface area contributed by atoms with Gasteiger partial charge in [-0.3, -0.25) is 14.0 Å². The van der Waals surface area contributed by atoms with E-state index in [-0.39, 0.29) is 27.9 Å². The number of benzene rings is 2. The molecule has 168 valence electrons. The van der Waals surface area contributed by atoms with E-state index in [1.54, 1.807) is 30.3 Å². The first-order valence-corrected chi connectivity index (χ1v) is 12.0. The number of hydrogen-bond acceptors (Lipinski definition) is 4. The molecule has 1 N–H and O–H groups in total. The van der Waals surface area contributed by atoms with E-state index in [1.807, 2.05) is 0 Å². The van der Waals surface area contributed by atoms with Crippen molar-refractivity contribution in [3.63, 3.8) is 0 Å². The van der Waals surface area contributed by atoms with Crippen molar-refractivity contribution in [1.82, 2.24) is 10.2 Å². The molecule has 2 rings (SSSR count). The average Bonchev–Trinajstić information content (AvgIpc) is 2.75.